The molecule has 0 aliphatic rings. The minimum atomic E-state index is -0.446. The molecule has 0 aromatic carbocycles. The number of nitrogens with zero attached hydrogens (tertiary/aromatic N) is 2. The Labute approximate surface area is 111 Å². The molecule has 0 fully saturated rings. The molecule has 2 heterocycles. The second-order valence-corrected chi connectivity index (χ2v) is 5.40. The lowest BCUT2D eigenvalue weighted by Crippen LogP contribution is -2.31. The molecule has 0 saturated heterocycles. The molecule has 0 saturated carbocycles. The maximum atomic E-state index is 9.66. The molecule has 2 aromatic rings. The van der Waals surface area contributed by atoms with Gasteiger partial charge in [0, 0.05) is 26.4 Å². The van der Waals surface area contributed by atoms with Gasteiger partial charge in [-0.1, -0.05) is 0 Å². The molecule has 2 aromatic heterocycles. The van der Waals surface area contributed by atoms with Gasteiger partial charge in [-0.2, -0.15) is 0 Å². The van der Waals surface area contributed by atoms with Crippen molar-refractivity contribution in [2.75, 3.05) is 27.3 Å². The molecule has 0 spiro atoms. The smallest absolute Gasteiger partial charge is 0.0900 e. The Hall–Kier alpha value is -1.01. The van der Waals surface area contributed by atoms with E-state index in [1.54, 1.807) is 18.4 Å². The van der Waals surface area contributed by atoms with Gasteiger partial charge in [0.15, 0.2) is 0 Å². The Bertz CT molecular complexity index is 500. The monoisotopic (exact) mass is 266 g/mol. The fraction of sp³-hybridized carbons (Fsp3) is 0.462. The number of hydrogen-bond donors (Lipinski definition) is 1. The Morgan fingerprint density at radius 2 is 2.39 bits per heavy atom. The number of aromatic nitrogens is 1. The molecule has 1 atom stereocenters. The summed E-state index contributed by atoms with van der Waals surface area (Å²) >= 11 is 1.70. The molecular weight excluding hydrogens is 248 g/mol. The van der Waals surface area contributed by atoms with Crippen molar-refractivity contribution >= 4 is 21.6 Å². The molecule has 4 nitrogen and oxygen atoms in total. The molecule has 0 aliphatic heterocycles. The van der Waals surface area contributed by atoms with Crippen molar-refractivity contribution in [3.05, 3.63) is 29.3 Å². The van der Waals surface area contributed by atoms with Gasteiger partial charge in [-0.25, -0.2) is 0 Å². The third-order valence-electron chi connectivity index (χ3n) is 2.69. The van der Waals surface area contributed by atoms with Crippen molar-refractivity contribution in [2.24, 2.45) is 0 Å². The van der Waals surface area contributed by atoms with Crippen LogP contribution in [-0.4, -0.2) is 48.4 Å². The highest BCUT2D eigenvalue weighted by atomic mass is 32.1. The number of aliphatic hydroxyl groups excluding tert-OH is 1. The summed E-state index contributed by atoms with van der Waals surface area (Å²) in [5.41, 5.74) is 2.21. The van der Waals surface area contributed by atoms with Crippen LogP contribution in [0.3, 0.4) is 0 Å². The molecule has 0 amide bonds. The van der Waals surface area contributed by atoms with E-state index in [4.69, 9.17) is 4.74 Å². The lowest BCUT2D eigenvalue weighted by molar-refractivity contribution is 0.0419. The van der Waals surface area contributed by atoms with Crippen molar-refractivity contribution < 1.29 is 9.84 Å². The molecular formula is C13H18N2O2S. The number of pyridine rings is 1. The van der Waals surface area contributed by atoms with Gasteiger partial charge >= 0.3 is 0 Å². The van der Waals surface area contributed by atoms with Gasteiger partial charge in [0.1, 0.15) is 0 Å². The minimum absolute atomic E-state index is 0.368. The van der Waals surface area contributed by atoms with E-state index in [0.717, 1.165) is 17.6 Å². The van der Waals surface area contributed by atoms with E-state index >= 15 is 0 Å². The Morgan fingerprint density at radius 3 is 3.17 bits per heavy atom. The molecule has 0 bridgehead atoms. The predicted molar refractivity (Wildman–Crippen MR) is 73.8 cm³/mol. The third kappa shape index (κ3) is 3.49. The van der Waals surface area contributed by atoms with Crippen LogP contribution in [0, 0.1) is 0 Å². The SMILES string of the molecule is COCC(O)CN(C)Cc1cnc2ccsc2c1. The van der Waals surface area contributed by atoms with E-state index in [1.165, 1.54) is 4.70 Å². The topological polar surface area (TPSA) is 45.6 Å². The van der Waals surface area contributed by atoms with Crippen molar-refractivity contribution in [3.63, 3.8) is 0 Å². The van der Waals surface area contributed by atoms with Crippen LogP contribution in [-0.2, 0) is 11.3 Å². The lowest BCUT2D eigenvalue weighted by Gasteiger charge is -2.19. The highest BCUT2D eigenvalue weighted by Crippen LogP contribution is 2.19. The summed E-state index contributed by atoms with van der Waals surface area (Å²) < 4.78 is 6.12. The van der Waals surface area contributed by atoms with Gasteiger partial charge in [0.05, 0.1) is 22.9 Å². The molecule has 5 heteroatoms. The van der Waals surface area contributed by atoms with Gasteiger partial charge in [-0.05, 0) is 30.1 Å². The molecule has 98 valence electrons. The number of aliphatic hydroxyl groups is 1. The van der Waals surface area contributed by atoms with E-state index in [2.05, 4.69) is 16.0 Å². The van der Waals surface area contributed by atoms with Crippen LogP contribution in [0.1, 0.15) is 5.56 Å². The molecule has 0 aliphatic carbocycles. The number of rotatable bonds is 6. The second-order valence-electron chi connectivity index (χ2n) is 4.45. The highest BCUT2D eigenvalue weighted by molar-refractivity contribution is 7.17. The number of fused-ring (bicyclic) bond motifs is 1. The summed E-state index contributed by atoms with van der Waals surface area (Å²) in [5.74, 6) is 0. The van der Waals surface area contributed by atoms with Gasteiger partial charge < -0.3 is 9.84 Å². The summed E-state index contributed by atoms with van der Waals surface area (Å²) in [4.78, 5) is 6.48. The van der Waals surface area contributed by atoms with E-state index < -0.39 is 6.10 Å². The first kappa shape index (κ1) is 13.4. The van der Waals surface area contributed by atoms with E-state index in [-0.39, 0.29) is 0 Å². The second kappa shape index (κ2) is 6.24. The number of methoxy groups -OCH3 is 1. The Kier molecular flexibility index (Phi) is 4.66. The van der Waals surface area contributed by atoms with E-state index in [1.807, 2.05) is 24.7 Å². The summed E-state index contributed by atoms with van der Waals surface area (Å²) in [6.07, 6.45) is 1.45. The summed E-state index contributed by atoms with van der Waals surface area (Å²) in [6, 6.07) is 4.18. The van der Waals surface area contributed by atoms with Crippen LogP contribution in [0.25, 0.3) is 10.2 Å². The van der Waals surface area contributed by atoms with Gasteiger partial charge in [0.25, 0.3) is 0 Å². The number of thiophene rings is 1. The zero-order chi connectivity index (χ0) is 13.0. The lowest BCUT2D eigenvalue weighted by atomic mass is 10.2. The molecule has 1 unspecified atom stereocenters. The first-order valence-corrected chi connectivity index (χ1v) is 6.74. The average molecular weight is 266 g/mol. The maximum absolute atomic E-state index is 9.66. The van der Waals surface area contributed by atoms with Crippen molar-refractivity contribution in [2.45, 2.75) is 12.6 Å². The first-order valence-electron chi connectivity index (χ1n) is 5.86. The van der Waals surface area contributed by atoms with Gasteiger partial charge in [0.2, 0.25) is 0 Å². The summed E-state index contributed by atoms with van der Waals surface area (Å²) in [7, 11) is 3.58. The number of likely N-dealkylation sites (N-methyl/N-ethyl adjacent to an activating group) is 1. The van der Waals surface area contributed by atoms with Crippen LogP contribution >= 0.6 is 11.3 Å². The van der Waals surface area contributed by atoms with Crippen LogP contribution in [0.15, 0.2) is 23.7 Å². The zero-order valence-corrected chi connectivity index (χ0v) is 11.5. The number of hydrogen-bond acceptors (Lipinski definition) is 5. The zero-order valence-electron chi connectivity index (χ0n) is 10.7. The quantitative estimate of drug-likeness (QED) is 0.865. The fourth-order valence-corrected chi connectivity index (χ4v) is 2.76. The Balaban J connectivity index is 1.95. The summed E-state index contributed by atoms with van der Waals surface area (Å²) in [5, 5.41) is 11.7. The predicted octanol–water partition coefficient (Wildman–Crippen LogP) is 1.74. The highest BCUT2D eigenvalue weighted by Gasteiger charge is 2.09. The number of ether oxygens (including phenoxy) is 1. The fourth-order valence-electron chi connectivity index (χ4n) is 1.95. The van der Waals surface area contributed by atoms with E-state index in [0.29, 0.717) is 13.2 Å². The van der Waals surface area contributed by atoms with Crippen LogP contribution in [0.2, 0.25) is 0 Å². The van der Waals surface area contributed by atoms with Crippen LogP contribution in [0.5, 0.6) is 0 Å². The minimum Gasteiger partial charge on any atom is -0.389 e. The molecule has 1 N–H and O–H groups in total. The van der Waals surface area contributed by atoms with E-state index in [9.17, 15) is 5.11 Å². The first-order chi connectivity index (χ1) is 8.69. The van der Waals surface area contributed by atoms with Gasteiger partial charge in [-0.15, -0.1) is 11.3 Å². The normalized spacial score (nSPS) is 13.3. The maximum Gasteiger partial charge on any atom is 0.0900 e. The van der Waals surface area contributed by atoms with Crippen molar-refractivity contribution in [1.29, 1.82) is 0 Å². The van der Waals surface area contributed by atoms with Crippen LogP contribution < -0.4 is 0 Å². The third-order valence-corrected chi connectivity index (χ3v) is 3.55. The standard InChI is InChI=1S/C13H18N2O2S/c1-15(8-11(16)9-17-2)7-10-5-13-12(14-6-10)3-4-18-13/h3-6,11,16H,7-9H2,1-2H3. The molecule has 2 rings (SSSR count). The summed E-state index contributed by atoms with van der Waals surface area (Å²) in [6.45, 7) is 1.74. The molecule has 0 radical (unpaired) electrons. The van der Waals surface area contributed by atoms with Crippen molar-refractivity contribution in [3.8, 4) is 0 Å². The molecule has 18 heavy (non-hydrogen) atoms. The van der Waals surface area contributed by atoms with Crippen LogP contribution in [0.4, 0.5) is 0 Å². The van der Waals surface area contributed by atoms with Crippen molar-refractivity contribution in [1.82, 2.24) is 9.88 Å². The average Bonchev–Trinajstić information content (AvgIpc) is 2.76. The Morgan fingerprint density at radius 1 is 1.56 bits per heavy atom. The largest absolute Gasteiger partial charge is 0.389 e. The van der Waals surface area contributed by atoms with Gasteiger partial charge in [-0.3, -0.25) is 9.88 Å².